The van der Waals surface area contributed by atoms with Gasteiger partial charge in [0.25, 0.3) is 5.91 Å². The zero-order valence-corrected chi connectivity index (χ0v) is 16.4. The van der Waals surface area contributed by atoms with Crippen LogP contribution in [-0.4, -0.2) is 32.3 Å². The van der Waals surface area contributed by atoms with E-state index in [9.17, 15) is 17.6 Å². The van der Waals surface area contributed by atoms with Gasteiger partial charge in [0, 0.05) is 25.2 Å². The third-order valence-corrected chi connectivity index (χ3v) is 5.44. The van der Waals surface area contributed by atoms with Gasteiger partial charge >= 0.3 is 0 Å². The molecule has 146 valence electrons. The van der Waals surface area contributed by atoms with Crippen LogP contribution in [0.25, 0.3) is 0 Å². The van der Waals surface area contributed by atoms with E-state index in [-0.39, 0.29) is 23.2 Å². The molecule has 0 saturated heterocycles. The van der Waals surface area contributed by atoms with E-state index < -0.39 is 10.0 Å². The molecule has 0 radical (unpaired) electrons. The molecular weight excluding hydrogens is 367 g/mol. The fraction of sp³-hybridized carbons (Fsp3) is 0.350. The highest BCUT2D eigenvalue weighted by molar-refractivity contribution is 7.89. The first-order valence-electron chi connectivity index (χ1n) is 9.00. The molecule has 1 N–H and O–H groups in total. The van der Waals surface area contributed by atoms with Crippen molar-refractivity contribution in [2.75, 3.05) is 13.1 Å². The normalized spacial score (nSPS) is 11.4. The van der Waals surface area contributed by atoms with Crippen LogP contribution in [0.3, 0.4) is 0 Å². The van der Waals surface area contributed by atoms with Crippen LogP contribution in [0, 0.1) is 5.82 Å². The van der Waals surface area contributed by atoms with Gasteiger partial charge in [-0.25, -0.2) is 17.5 Å². The molecule has 2 aromatic carbocycles. The Labute approximate surface area is 160 Å². The van der Waals surface area contributed by atoms with Gasteiger partial charge in [-0.15, -0.1) is 0 Å². The Bertz CT molecular complexity index is 861. The van der Waals surface area contributed by atoms with Crippen LogP contribution in [0.15, 0.2) is 53.4 Å². The van der Waals surface area contributed by atoms with Crippen LogP contribution < -0.4 is 4.72 Å². The summed E-state index contributed by atoms with van der Waals surface area (Å²) in [4.78, 5) is 14.5. The van der Waals surface area contributed by atoms with Crippen LogP contribution in [0.5, 0.6) is 0 Å². The summed E-state index contributed by atoms with van der Waals surface area (Å²) in [7, 11) is -3.79. The van der Waals surface area contributed by atoms with Gasteiger partial charge in [-0.05, 0) is 48.7 Å². The van der Waals surface area contributed by atoms with Gasteiger partial charge in [0.2, 0.25) is 10.0 Å². The van der Waals surface area contributed by atoms with E-state index in [0.717, 1.165) is 12.8 Å². The first kappa shape index (κ1) is 21.1. The summed E-state index contributed by atoms with van der Waals surface area (Å²) in [5.41, 5.74) is 0.992. The van der Waals surface area contributed by atoms with Gasteiger partial charge in [-0.1, -0.05) is 32.0 Å². The Morgan fingerprint density at radius 2 is 1.67 bits per heavy atom. The summed E-state index contributed by atoms with van der Waals surface area (Å²) in [5.74, 6) is -0.550. The Kier molecular flexibility index (Phi) is 7.50. The second kappa shape index (κ2) is 9.62. The van der Waals surface area contributed by atoms with Crippen molar-refractivity contribution in [3.05, 3.63) is 65.5 Å². The molecule has 0 unspecified atom stereocenters. The summed E-state index contributed by atoms with van der Waals surface area (Å²) < 4.78 is 40.5. The molecule has 0 aliphatic carbocycles. The standard InChI is InChI=1S/C20H25FN2O3S/c1-3-12-23(13-4-2)20(24)17-6-5-7-19(14-17)27(25,26)22-15-16-8-10-18(21)11-9-16/h5-11,14,22H,3-4,12-13,15H2,1-2H3. The number of benzene rings is 2. The number of carbonyl (C=O) groups excluding carboxylic acids is 1. The molecule has 1 amide bonds. The van der Waals surface area contributed by atoms with Crippen molar-refractivity contribution in [3.8, 4) is 0 Å². The zero-order chi connectivity index (χ0) is 19.9. The number of hydrogen-bond donors (Lipinski definition) is 1. The van der Waals surface area contributed by atoms with Crippen LogP contribution >= 0.6 is 0 Å². The average Bonchev–Trinajstić information content (AvgIpc) is 2.67. The van der Waals surface area contributed by atoms with Gasteiger partial charge in [0.1, 0.15) is 5.82 Å². The highest BCUT2D eigenvalue weighted by Gasteiger charge is 2.19. The highest BCUT2D eigenvalue weighted by Crippen LogP contribution is 2.15. The summed E-state index contributed by atoms with van der Waals surface area (Å²) >= 11 is 0. The van der Waals surface area contributed by atoms with Crippen molar-refractivity contribution in [1.82, 2.24) is 9.62 Å². The van der Waals surface area contributed by atoms with E-state index in [0.29, 0.717) is 24.2 Å². The van der Waals surface area contributed by atoms with Crippen molar-refractivity contribution >= 4 is 15.9 Å². The van der Waals surface area contributed by atoms with E-state index >= 15 is 0 Å². The Balaban J connectivity index is 2.16. The highest BCUT2D eigenvalue weighted by atomic mass is 32.2. The lowest BCUT2D eigenvalue weighted by Crippen LogP contribution is -2.32. The maximum absolute atomic E-state index is 12.9. The smallest absolute Gasteiger partial charge is 0.253 e. The second-order valence-electron chi connectivity index (χ2n) is 6.27. The molecule has 0 spiro atoms. The summed E-state index contributed by atoms with van der Waals surface area (Å²) in [6, 6.07) is 11.6. The zero-order valence-electron chi connectivity index (χ0n) is 15.6. The first-order valence-corrected chi connectivity index (χ1v) is 10.5. The lowest BCUT2D eigenvalue weighted by Gasteiger charge is -2.21. The third kappa shape index (κ3) is 5.87. The quantitative estimate of drug-likeness (QED) is 0.709. The fourth-order valence-electron chi connectivity index (χ4n) is 2.70. The van der Waals surface area contributed by atoms with E-state index in [4.69, 9.17) is 0 Å². The topological polar surface area (TPSA) is 66.5 Å². The van der Waals surface area contributed by atoms with Crippen molar-refractivity contribution in [2.24, 2.45) is 0 Å². The van der Waals surface area contributed by atoms with Gasteiger partial charge in [0.05, 0.1) is 4.90 Å². The fourth-order valence-corrected chi connectivity index (χ4v) is 3.76. The molecule has 2 aromatic rings. The van der Waals surface area contributed by atoms with Gasteiger partial charge in [0.15, 0.2) is 0 Å². The number of nitrogens with one attached hydrogen (secondary N) is 1. The Hall–Kier alpha value is -2.25. The van der Waals surface area contributed by atoms with E-state index in [1.165, 1.54) is 36.4 Å². The number of rotatable bonds is 9. The average molecular weight is 392 g/mol. The minimum atomic E-state index is -3.79. The van der Waals surface area contributed by atoms with E-state index in [1.54, 1.807) is 17.0 Å². The maximum atomic E-state index is 12.9. The van der Waals surface area contributed by atoms with Crippen molar-refractivity contribution in [1.29, 1.82) is 0 Å². The molecule has 0 bridgehead atoms. The predicted octanol–water partition coefficient (Wildman–Crippen LogP) is 3.57. The minimum absolute atomic E-state index is 0.0309. The molecule has 5 nitrogen and oxygen atoms in total. The molecule has 0 heterocycles. The lowest BCUT2D eigenvalue weighted by molar-refractivity contribution is 0.0755. The summed E-state index contributed by atoms with van der Waals surface area (Å²) in [5, 5.41) is 0. The van der Waals surface area contributed by atoms with Crippen molar-refractivity contribution in [3.63, 3.8) is 0 Å². The number of hydrogen-bond acceptors (Lipinski definition) is 3. The monoisotopic (exact) mass is 392 g/mol. The molecule has 0 atom stereocenters. The van der Waals surface area contributed by atoms with Gasteiger partial charge in [-0.2, -0.15) is 0 Å². The number of sulfonamides is 1. The largest absolute Gasteiger partial charge is 0.339 e. The number of carbonyl (C=O) groups is 1. The minimum Gasteiger partial charge on any atom is -0.339 e. The molecule has 2 rings (SSSR count). The van der Waals surface area contributed by atoms with Gasteiger partial charge in [-0.3, -0.25) is 4.79 Å². The lowest BCUT2D eigenvalue weighted by atomic mass is 10.2. The predicted molar refractivity (Wildman–Crippen MR) is 103 cm³/mol. The van der Waals surface area contributed by atoms with Gasteiger partial charge < -0.3 is 4.90 Å². The molecule has 27 heavy (non-hydrogen) atoms. The first-order chi connectivity index (χ1) is 12.9. The van der Waals surface area contributed by atoms with E-state index in [2.05, 4.69) is 4.72 Å². The number of halogens is 1. The summed E-state index contributed by atoms with van der Waals surface area (Å²) in [6.07, 6.45) is 1.67. The molecule has 0 aliphatic rings. The molecular formula is C20H25FN2O3S. The molecule has 0 aromatic heterocycles. The molecule has 0 fully saturated rings. The SMILES string of the molecule is CCCN(CCC)C(=O)c1cccc(S(=O)(=O)NCc2ccc(F)cc2)c1. The Morgan fingerprint density at radius 1 is 1.04 bits per heavy atom. The number of amides is 1. The molecule has 7 heteroatoms. The summed E-state index contributed by atoms with van der Waals surface area (Å²) in [6.45, 7) is 5.30. The third-order valence-electron chi connectivity index (χ3n) is 4.05. The maximum Gasteiger partial charge on any atom is 0.253 e. The van der Waals surface area contributed by atoms with Crippen LogP contribution in [0.4, 0.5) is 4.39 Å². The van der Waals surface area contributed by atoms with Crippen LogP contribution in [-0.2, 0) is 16.6 Å². The Morgan fingerprint density at radius 3 is 2.26 bits per heavy atom. The van der Waals surface area contributed by atoms with Crippen LogP contribution in [0.1, 0.15) is 42.6 Å². The van der Waals surface area contributed by atoms with Crippen LogP contribution in [0.2, 0.25) is 0 Å². The van der Waals surface area contributed by atoms with Crippen molar-refractivity contribution in [2.45, 2.75) is 38.1 Å². The van der Waals surface area contributed by atoms with E-state index in [1.807, 2.05) is 13.8 Å². The second-order valence-corrected chi connectivity index (χ2v) is 8.04. The molecule has 0 saturated carbocycles. The molecule has 0 aliphatic heterocycles. The number of nitrogens with zero attached hydrogens (tertiary/aromatic N) is 1. The van der Waals surface area contributed by atoms with Crippen molar-refractivity contribution < 1.29 is 17.6 Å².